The summed E-state index contributed by atoms with van der Waals surface area (Å²) in [7, 11) is -1.91. The van der Waals surface area contributed by atoms with E-state index in [1.54, 1.807) is 6.08 Å². The molecule has 5 atom stereocenters. The molecule has 206 valence electrons. The fourth-order valence-corrected chi connectivity index (χ4v) is 4.03. The van der Waals surface area contributed by atoms with Crippen molar-refractivity contribution < 1.29 is 52.0 Å². The number of ether oxygens (including phenoxy) is 6. The van der Waals surface area contributed by atoms with Gasteiger partial charge in [-0.1, -0.05) is 32.9 Å². The molecule has 11 nitrogen and oxygen atoms in total. The van der Waals surface area contributed by atoms with Gasteiger partial charge in [0.1, 0.15) is 12.7 Å². The van der Waals surface area contributed by atoms with Crippen LogP contribution in [0.5, 0.6) is 0 Å². The molecule has 1 aliphatic heterocycles. The van der Waals surface area contributed by atoms with E-state index in [1.807, 2.05) is 6.08 Å². The highest BCUT2D eigenvalue weighted by Crippen LogP contribution is 2.36. The number of carbonyl (C=O) groups is 4. The van der Waals surface area contributed by atoms with Crippen LogP contribution >= 0.6 is 0 Å². The standard InChI is InChI=1S/C24H40O11Si/c1-15(25)30-14-19-20(32-16(2)26)21(33-17(3)27)22(34-18(4)28)23(35-19)29-12-10-11-13-31-36(8,9)24(5,6)7/h10-11,19-23H,12-14H2,1-9H3/b11-10-/t19-,20-,21+,22-,23+/m1/s1. The van der Waals surface area contributed by atoms with E-state index in [-0.39, 0.29) is 18.3 Å². The Morgan fingerprint density at radius 3 is 1.78 bits per heavy atom. The minimum atomic E-state index is -1.91. The fraction of sp³-hybridized carbons (Fsp3) is 0.750. The van der Waals surface area contributed by atoms with E-state index < -0.39 is 62.9 Å². The van der Waals surface area contributed by atoms with Crippen molar-refractivity contribution in [1.29, 1.82) is 0 Å². The van der Waals surface area contributed by atoms with Crippen LogP contribution in [0.3, 0.4) is 0 Å². The Hall–Kier alpha value is -2.28. The fourth-order valence-electron chi connectivity index (χ4n) is 3.08. The van der Waals surface area contributed by atoms with Crippen molar-refractivity contribution in [1.82, 2.24) is 0 Å². The SMILES string of the molecule is CC(=O)OC[C@H]1O[C@H](OC/C=C\CO[Si](C)(C)C(C)(C)C)[C@H](OC(C)=O)[C@@H](OC(C)=O)[C@@H]1OC(C)=O. The minimum Gasteiger partial charge on any atom is -0.463 e. The molecule has 0 bridgehead atoms. The van der Waals surface area contributed by atoms with E-state index >= 15 is 0 Å². The lowest BCUT2D eigenvalue weighted by Crippen LogP contribution is -2.62. The summed E-state index contributed by atoms with van der Waals surface area (Å²) in [6.07, 6.45) is -2.46. The van der Waals surface area contributed by atoms with Gasteiger partial charge in [0, 0.05) is 27.7 Å². The average Bonchev–Trinajstić information content (AvgIpc) is 2.71. The Bertz CT molecular complexity index is 802. The van der Waals surface area contributed by atoms with Crippen molar-refractivity contribution in [3.63, 3.8) is 0 Å². The van der Waals surface area contributed by atoms with Gasteiger partial charge in [0.05, 0.1) is 13.2 Å². The highest BCUT2D eigenvalue weighted by Gasteiger charge is 2.52. The molecule has 0 amide bonds. The van der Waals surface area contributed by atoms with Crippen LogP contribution < -0.4 is 0 Å². The van der Waals surface area contributed by atoms with Crippen molar-refractivity contribution in [2.24, 2.45) is 0 Å². The number of esters is 4. The van der Waals surface area contributed by atoms with Crippen LogP contribution in [0.4, 0.5) is 0 Å². The first kappa shape index (κ1) is 31.7. The molecule has 0 aromatic rings. The van der Waals surface area contributed by atoms with E-state index in [9.17, 15) is 19.2 Å². The molecule has 0 saturated carbocycles. The summed E-state index contributed by atoms with van der Waals surface area (Å²) >= 11 is 0. The van der Waals surface area contributed by atoms with Gasteiger partial charge in [0.15, 0.2) is 32.9 Å². The molecule has 1 saturated heterocycles. The highest BCUT2D eigenvalue weighted by atomic mass is 28.4. The van der Waals surface area contributed by atoms with Crippen molar-refractivity contribution in [3.05, 3.63) is 12.2 Å². The normalized spacial score (nSPS) is 24.8. The first-order valence-corrected chi connectivity index (χ1v) is 14.7. The smallest absolute Gasteiger partial charge is 0.303 e. The van der Waals surface area contributed by atoms with Crippen LogP contribution in [-0.2, 0) is 52.0 Å². The predicted molar refractivity (Wildman–Crippen MR) is 130 cm³/mol. The first-order chi connectivity index (χ1) is 16.5. The van der Waals surface area contributed by atoms with Gasteiger partial charge < -0.3 is 32.8 Å². The Morgan fingerprint density at radius 2 is 1.28 bits per heavy atom. The summed E-state index contributed by atoms with van der Waals surface area (Å²) < 4.78 is 38.8. The lowest BCUT2D eigenvalue weighted by Gasteiger charge is -2.43. The third-order valence-corrected chi connectivity index (χ3v) is 10.3. The van der Waals surface area contributed by atoms with Crippen molar-refractivity contribution in [2.75, 3.05) is 19.8 Å². The van der Waals surface area contributed by atoms with Gasteiger partial charge in [0.2, 0.25) is 0 Å². The Labute approximate surface area is 213 Å². The highest BCUT2D eigenvalue weighted by molar-refractivity contribution is 6.74. The molecular formula is C24H40O11Si. The maximum absolute atomic E-state index is 11.8. The van der Waals surface area contributed by atoms with Crippen molar-refractivity contribution in [2.45, 2.75) is 97.3 Å². The van der Waals surface area contributed by atoms with E-state index in [4.69, 9.17) is 32.8 Å². The van der Waals surface area contributed by atoms with Crippen LogP contribution in [0.15, 0.2) is 12.2 Å². The molecule has 0 aromatic heterocycles. The molecule has 0 N–H and O–H groups in total. The number of hydrogen-bond donors (Lipinski definition) is 0. The molecule has 1 aliphatic rings. The maximum atomic E-state index is 11.8. The number of hydrogen-bond acceptors (Lipinski definition) is 11. The van der Waals surface area contributed by atoms with Gasteiger partial charge in [-0.3, -0.25) is 19.2 Å². The average molecular weight is 533 g/mol. The number of rotatable bonds is 11. The minimum absolute atomic E-state index is 0.0502. The molecular weight excluding hydrogens is 492 g/mol. The van der Waals surface area contributed by atoms with Crippen molar-refractivity contribution >= 4 is 32.2 Å². The third kappa shape index (κ3) is 10.4. The second kappa shape index (κ2) is 13.9. The monoisotopic (exact) mass is 532 g/mol. The largest absolute Gasteiger partial charge is 0.463 e. The van der Waals surface area contributed by atoms with Crippen molar-refractivity contribution in [3.8, 4) is 0 Å². The number of carbonyl (C=O) groups excluding carboxylic acids is 4. The van der Waals surface area contributed by atoms with Crippen LogP contribution in [0.1, 0.15) is 48.5 Å². The predicted octanol–water partition coefficient (Wildman–Crippen LogP) is 2.66. The summed E-state index contributed by atoms with van der Waals surface area (Å²) in [6, 6.07) is 0. The third-order valence-electron chi connectivity index (χ3n) is 5.82. The van der Waals surface area contributed by atoms with Gasteiger partial charge in [-0.25, -0.2) is 0 Å². The van der Waals surface area contributed by atoms with Gasteiger partial charge in [-0.15, -0.1) is 0 Å². The van der Waals surface area contributed by atoms with Gasteiger partial charge in [-0.2, -0.15) is 0 Å². The molecule has 12 heteroatoms. The summed E-state index contributed by atoms with van der Waals surface area (Å²) in [6.45, 7) is 15.6. The summed E-state index contributed by atoms with van der Waals surface area (Å²) in [5, 5.41) is 0.0751. The van der Waals surface area contributed by atoms with E-state index in [1.165, 1.54) is 13.8 Å². The Kier molecular flexibility index (Phi) is 12.2. The Morgan fingerprint density at radius 1 is 0.778 bits per heavy atom. The zero-order valence-corrected chi connectivity index (χ0v) is 23.7. The van der Waals surface area contributed by atoms with Crippen LogP contribution in [-0.4, -0.2) is 82.7 Å². The van der Waals surface area contributed by atoms with Gasteiger partial charge in [-0.05, 0) is 18.1 Å². The molecule has 0 aliphatic carbocycles. The molecule has 1 fully saturated rings. The van der Waals surface area contributed by atoms with Gasteiger partial charge in [0.25, 0.3) is 0 Å². The molecule has 0 radical (unpaired) electrons. The summed E-state index contributed by atoms with van der Waals surface area (Å²) in [5.41, 5.74) is 0. The topological polar surface area (TPSA) is 133 Å². The molecule has 0 unspecified atom stereocenters. The first-order valence-electron chi connectivity index (χ1n) is 11.8. The van der Waals surface area contributed by atoms with E-state index in [0.29, 0.717) is 6.61 Å². The van der Waals surface area contributed by atoms with E-state index in [0.717, 1.165) is 13.8 Å². The zero-order chi connectivity index (χ0) is 27.7. The summed E-state index contributed by atoms with van der Waals surface area (Å²) in [5.74, 6) is -2.68. The lowest BCUT2D eigenvalue weighted by molar-refractivity contribution is -0.306. The van der Waals surface area contributed by atoms with Crippen LogP contribution in [0, 0.1) is 0 Å². The van der Waals surface area contributed by atoms with E-state index in [2.05, 4.69) is 33.9 Å². The van der Waals surface area contributed by atoms with Crippen LogP contribution in [0.2, 0.25) is 18.1 Å². The van der Waals surface area contributed by atoms with Gasteiger partial charge >= 0.3 is 23.9 Å². The van der Waals surface area contributed by atoms with Crippen LogP contribution in [0.25, 0.3) is 0 Å². The lowest BCUT2D eigenvalue weighted by atomic mass is 9.98. The summed E-state index contributed by atoms with van der Waals surface area (Å²) in [4.78, 5) is 46.8. The molecule has 1 heterocycles. The second-order valence-electron chi connectivity index (χ2n) is 9.94. The molecule has 0 spiro atoms. The quantitative estimate of drug-likeness (QED) is 0.168. The molecule has 1 rings (SSSR count). The maximum Gasteiger partial charge on any atom is 0.303 e. The molecule has 36 heavy (non-hydrogen) atoms. The second-order valence-corrected chi connectivity index (χ2v) is 14.8. The zero-order valence-electron chi connectivity index (χ0n) is 22.7. The Balaban J connectivity index is 3.06. The molecule has 0 aromatic carbocycles.